The SMILES string of the molecule is Cc1occc1Sc1ncc(C(=O)O)cc1[N+](=O)[O-]. The Labute approximate surface area is 111 Å². The number of rotatable bonds is 4. The maximum atomic E-state index is 10.9. The lowest BCUT2D eigenvalue weighted by Gasteiger charge is -2.02. The monoisotopic (exact) mass is 280 g/mol. The van der Waals surface area contributed by atoms with Gasteiger partial charge in [0.25, 0.3) is 0 Å². The van der Waals surface area contributed by atoms with E-state index in [1.807, 2.05) is 0 Å². The summed E-state index contributed by atoms with van der Waals surface area (Å²) in [7, 11) is 0. The van der Waals surface area contributed by atoms with Gasteiger partial charge in [-0.05, 0) is 13.0 Å². The summed E-state index contributed by atoms with van der Waals surface area (Å²) < 4.78 is 5.09. The van der Waals surface area contributed by atoms with Crippen molar-refractivity contribution >= 4 is 23.4 Å². The molecule has 0 saturated carbocycles. The Hall–Kier alpha value is -2.35. The van der Waals surface area contributed by atoms with E-state index < -0.39 is 10.9 Å². The largest absolute Gasteiger partial charge is 0.478 e. The first-order valence-electron chi connectivity index (χ1n) is 5.08. The zero-order valence-electron chi connectivity index (χ0n) is 9.69. The van der Waals surface area contributed by atoms with Crippen LogP contribution in [0.4, 0.5) is 5.69 Å². The number of hydrogen-bond donors (Lipinski definition) is 1. The molecule has 0 spiro atoms. The van der Waals surface area contributed by atoms with Crippen LogP contribution in [0.15, 0.2) is 38.9 Å². The van der Waals surface area contributed by atoms with Crippen molar-refractivity contribution < 1.29 is 19.2 Å². The van der Waals surface area contributed by atoms with Crippen molar-refractivity contribution in [3.8, 4) is 0 Å². The van der Waals surface area contributed by atoms with Crippen LogP contribution in [0.3, 0.4) is 0 Å². The molecule has 1 N–H and O–H groups in total. The lowest BCUT2D eigenvalue weighted by molar-refractivity contribution is -0.388. The van der Waals surface area contributed by atoms with Gasteiger partial charge in [-0.3, -0.25) is 10.1 Å². The lowest BCUT2D eigenvalue weighted by atomic mass is 10.3. The van der Waals surface area contributed by atoms with E-state index >= 15 is 0 Å². The smallest absolute Gasteiger partial charge is 0.337 e. The van der Waals surface area contributed by atoms with Gasteiger partial charge in [0.2, 0.25) is 0 Å². The minimum absolute atomic E-state index is 0.125. The number of carbonyl (C=O) groups is 1. The molecule has 2 rings (SSSR count). The number of aromatic carboxylic acids is 1. The quantitative estimate of drug-likeness (QED) is 0.677. The summed E-state index contributed by atoms with van der Waals surface area (Å²) in [5.41, 5.74) is -0.564. The van der Waals surface area contributed by atoms with E-state index in [1.165, 1.54) is 6.26 Å². The van der Waals surface area contributed by atoms with Crippen LogP contribution >= 0.6 is 11.8 Å². The van der Waals surface area contributed by atoms with Crippen LogP contribution in [-0.2, 0) is 0 Å². The molecule has 2 aromatic heterocycles. The Morgan fingerprint density at radius 1 is 1.58 bits per heavy atom. The predicted molar refractivity (Wildman–Crippen MR) is 65.4 cm³/mol. The first-order chi connectivity index (χ1) is 8.99. The second-order valence-corrected chi connectivity index (χ2v) is 4.58. The second-order valence-electron chi connectivity index (χ2n) is 3.55. The minimum Gasteiger partial charge on any atom is -0.478 e. The number of nitro groups is 1. The van der Waals surface area contributed by atoms with Crippen LogP contribution in [-0.4, -0.2) is 21.0 Å². The summed E-state index contributed by atoms with van der Waals surface area (Å²) in [5, 5.41) is 19.9. The summed E-state index contributed by atoms with van der Waals surface area (Å²) >= 11 is 1.06. The van der Waals surface area contributed by atoms with Crippen LogP contribution in [0.2, 0.25) is 0 Å². The molecular formula is C11H8N2O5S. The van der Waals surface area contributed by atoms with Gasteiger partial charge in [-0.2, -0.15) is 0 Å². The fourth-order valence-corrected chi connectivity index (χ4v) is 2.22. The standard InChI is InChI=1S/C11H8N2O5S/c1-6-9(2-3-18-6)19-10-8(13(16)17)4-7(5-12-10)11(14)15/h2-5H,1H3,(H,14,15). The Kier molecular flexibility index (Phi) is 3.52. The molecule has 8 heteroatoms. The molecule has 19 heavy (non-hydrogen) atoms. The summed E-state index contributed by atoms with van der Waals surface area (Å²) in [4.78, 5) is 25.6. The first-order valence-corrected chi connectivity index (χ1v) is 5.90. The van der Waals surface area contributed by atoms with Crippen LogP contribution < -0.4 is 0 Å². The maximum Gasteiger partial charge on any atom is 0.337 e. The molecule has 98 valence electrons. The second kappa shape index (κ2) is 5.11. The molecule has 0 radical (unpaired) electrons. The van der Waals surface area contributed by atoms with Gasteiger partial charge < -0.3 is 9.52 Å². The van der Waals surface area contributed by atoms with Gasteiger partial charge in [0.05, 0.1) is 21.6 Å². The van der Waals surface area contributed by atoms with Crippen LogP contribution in [0.5, 0.6) is 0 Å². The summed E-state index contributed by atoms with van der Waals surface area (Å²) in [6.07, 6.45) is 2.56. The van der Waals surface area contributed by atoms with E-state index in [4.69, 9.17) is 9.52 Å². The van der Waals surface area contributed by atoms with Crippen molar-refractivity contribution in [2.24, 2.45) is 0 Å². The molecule has 0 aromatic carbocycles. The molecule has 0 fully saturated rings. The van der Waals surface area contributed by atoms with E-state index in [2.05, 4.69) is 4.98 Å². The van der Waals surface area contributed by atoms with E-state index in [-0.39, 0.29) is 16.3 Å². The average Bonchev–Trinajstić information content (AvgIpc) is 2.75. The van der Waals surface area contributed by atoms with Gasteiger partial charge in [-0.15, -0.1) is 0 Å². The van der Waals surface area contributed by atoms with Crippen molar-refractivity contribution in [2.75, 3.05) is 0 Å². The summed E-state index contributed by atoms with van der Waals surface area (Å²) in [5.74, 6) is -0.643. The number of pyridine rings is 1. The third kappa shape index (κ3) is 2.74. The van der Waals surface area contributed by atoms with Gasteiger partial charge in [-0.1, -0.05) is 11.8 Å². The van der Waals surface area contributed by atoms with Crippen molar-refractivity contribution in [3.63, 3.8) is 0 Å². The van der Waals surface area contributed by atoms with Gasteiger partial charge in [0.15, 0.2) is 5.03 Å². The molecule has 0 amide bonds. The molecule has 2 aromatic rings. The van der Waals surface area contributed by atoms with Crippen LogP contribution in [0, 0.1) is 17.0 Å². The number of nitrogens with zero attached hydrogens (tertiary/aromatic N) is 2. The Morgan fingerprint density at radius 3 is 2.84 bits per heavy atom. The molecule has 0 aliphatic heterocycles. The predicted octanol–water partition coefficient (Wildman–Crippen LogP) is 2.74. The number of carboxylic acid groups (broad SMARTS) is 1. The third-order valence-electron chi connectivity index (χ3n) is 2.29. The lowest BCUT2D eigenvalue weighted by Crippen LogP contribution is -2.01. The third-order valence-corrected chi connectivity index (χ3v) is 3.45. The van der Waals surface area contributed by atoms with Crippen molar-refractivity contribution in [3.05, 3.63) is 46.0 Å². The van der Waals surface area contributed by atoms with E-state index in [0.29, 0.717) is 10.7 Å². The molecule has 0 aliphatic carbocycles. The van der Waals surface area contributed by atoms with E-state index in [1.54, 1.807) is 13.0 Å². The van der Waals surface area contributed by atoms with Gasteiger partial charge >= 0.3 is 11.7 Å². The fourth-order valence-electron chi connectivity index (χ4n) is 1.35. The normalized spacial score (nSPS) is 10.4. The fraction of sp³-hybridized carbons (Fsp3) is 0.0909. The first kappa shape index (κ1) is 13.1. The van der Waals surface area contributed by atoms with E-state index in [9.17, 15) is 14.9 Å². The van der Waals surface area contributed by atoms with Crippen LogP contribution in [0.1, 0.15) is 16.1 Å². The minimum atomic E-state index is -1.26. The highest BCUT2D eigenvalue weighted by atomic mass is 32.2. The Morgan fingerprint density at radius 2 is 2.32 bits per heavy atom. The van der Waals surface area contributed by atoms with Gasteiger partial charge in [0.1, 0.15) is 5.76 Å². The summed E-state index contributed by atoms with van der Waals surface area (Å²) in [6.45, 7) is 1.72. The van der Waals surface area contributed by atoms with Crippen LogP contribution in [0.25, 0.3) is 0 Å². The van der Waals surface area contributed by atoms with E-state index in [0.717, 1.165) is 24.0 Å². The topological polar surface area (TPSA) is 106 Å². The molecule has 2 heterocycles. The molecule has 0 atom stereocenters. The molecular weight excluding hydrogens is 272 g/mol. The zero-order chi connectivity index (χ0) is 14.0. The molecule has 0 bridgehead atoms. The Balaban J connectivity index is 2.43. The van der Waals surface area contributed by atoms with Gasteiger partial charge in [-0.25, -0.2) is 9.78 Å². The van der Waals surface area contributed by atoms with Crippen molar-refractivity contribution in [1.29, 1.82) is 0 Å². The maximum absolute atomic E-state index is 10.9. The average molecular weight is 280 g/mol. The molecule has 0 unspecified atom stereocenters. The number of aromatic nitrogens is 1. The number of aryl methyl sites for hydroxylation is 1. The van der Waals surface area contributed by atoms with Crippen molar-refractivity contribution in [1.82, 2.24) is 4.98 Å². The molecule has 0 aliphatic rings. The van der Waals surface area contributed by atoms with Crippen molar-refractivity contribution in [2.45, 2.75) is 16.8 Å². The number of hydrogen-bond acceptors (Lipinski definition) is 6. The number of furan rings is 1. The highest BCUT2D eigenvalue weighted by Crippen LogP contribution is 2.35. The highest BCUT2D eigenvalue weighted by Gasteiger charge is 2.20. The summed E-state index contributed by atoms with van der Waals surface area (Å²) in [6, 6.07) is 2.66. The highest BCUT2D eigenvalue weighted by molar-refractivity contribution is 7.99. The van der Waals surface area contributed by atoms with Gasteiger partial charge in [0, 0.05) is 12.3 Å². The zero-order valence-corrected chi connectivity index (χ0v) is 10.5. The molecule has 7 nitrogen and oxygen atoms in total. The molecule has 0 saturated heterocycles. The Bertz CT molecular complexity index is 652. The number of carboxylic acids is 1.